The fraction of sp³-hybridized carbons (Fsp3) is 0.286. The van der Waals surface area contributed by atoms with E-state index in [1.807, 2.05) is 4.90 Å². The molecule has 3 aromatic rings. The van der Waals surface area contributed by atoms with Gasteiger partial charge in [0.25, 0.3) is 5.91 Å². The van der Waals surface area contributed by atoms with Crippen molar-refractivity contribution in [2.75, 3.05) is 32.4 Å². The summed E-state index contributed by atoms with van der Waals surface area (Å²) in [5.74, 6) is -0.105. The van der Waals surface area contributed by atoms with Crippen molar-refractivity contribution in [3.63, 3.8) is 0 Å². The Morgan fingerprint density at radius 3 is 2.54 bits per heavy atom. The molecular weight excluding hydrogens is 392 g/mol. The molecule has 1 aromatic heterocycles. The number of thiophene rings is 1. The van der Waals surface area contributed by atoms with Crippen LogP contribution >= 0.6 is 11.3 Å². The third-order valence-electron chi connectivity index (χ3n) is 5.12. The maximum Gasteiger partial charge on any atom is 0.253 e. The number of rotatable bonds is 4. The second-order valence-corrected chi connectivity index (χ2v) is 10.1. The lowest BCUT2D eigenvalue weighted by atomic mass is 10.1. The van der Waals surface area contributed by atoms with Gasteiger partial charge in [0.15, 0.2) is 9.84 Å². The molecule has 1 aliphatic rings. The molecule has 1 amide bonds. The molecule has 7 heteroatoms. The monoisotopic (exact) mass is 414 g/mol. The molecule has 0 unspecified atom stereocenters. The van der Waals surface area contributed by atoms with Crippen molar-refractivity contribution in [1.82, 2.24) is 9.80 Å². The van der Waals surface area contributed by atoms with E-state index in [1.54, 1.807) is 23.5 Å². The Labute approximate surface area is 169 Å². The highest BCUT2D eigenvalue weighted by molar-refractivity contribution is 7.90. The van der Waals surface area contributed by atoms with Crippen LogP contribution in [0.1, 0.15) is 15.9 Å². The van der Waals surface area contributed by atoms with E-state index in [2.05, 4.69) is 34.5 Å². The molecule has 5 nitrogen and oxygen atoms in total. The minimum atomic E-state index is -3.32. The van der Waals surface area contributed by atoms with Crippen LogP contribution in [0.3, 0.4) is 0 Å². The molecule has 0 atom stereocenters. The van der Waals surface area contributed by atoms with E-state index < -0.39 is 9.84 Å². The Hall–Kier alpha value is -2.22. The number of piperazine rings is 1. The Morgan fingerprint density at radius 2 is 1.79 bits per heavy atom. The Balaban J connectivity index is 1.41. The van der Waals surface area contributed by atoms with Crippen molar-refractivity contribution in [3.05, 3.63) is 65.0 Å². The molecule has 28 heavy (non-hydrogen) atoms. The summed E-state index contributed by atoms with van der Waals surface area (Å²) in [4.78, 5) is 17.1. The predicted molar refractivity (Wildman–Crippen MR) is 113 cm³/mol. The summed E-state index contributed by atoms with van der Waals surface area (Å²) < 4.78 is 24.8. The summed E-state index contributed by atoms with van der Waals surface area (Å²) in [5.41, 5.74) is 1.77. The second kappa shape index (κ2) is 7.66. The Morgan fingerprint density at radius 1 is 1.04 bits per heavy atom. The van der Waals surface area contributed by atoms with Gasteiger partial charge in [-0.15, -0.1) is 11.3 Å². The Kier molecular flexibility index (Phi) is 5.23. The molecule has 0 aliphatic carbocycles. The summed E-state index contributed by atoms with van der Waals surface area (Å²) in [6.45, 7) is 3.78. The molecule has 0 radical (unpaired) electrons. The third kappa shape index (κ3) is 3.97. The number of hydrogen-bond donors (Lipinski definition) is 0. The van der Waals surface area contributed by atoms with Crippen molar-refractivity contribution in [3.8, 4) is 0 Å². The summed E-state index contributed by atoms with van der Waals surface area (Å²) >= 11 is 1.77. The largest absolute Gasteiger partial charge is 0.336 e. The number of benzene rings is 2. The van der Waals surface area contributed by atoms with E-state index in [4.69, 9.17) is 0 Å². The average molecular weight is 415 g/mol. The first kappa shape index (κ1) is 19.1. The zero-order chi connectivity index (χ0) is 19.7. The van der Waals surface area contributed by atoms with Crippen LogP contribution in [0.4, 0.5) is 0 Å². The number of amides is 1. The quantitative estimate of drug-likeness (QED) is 0.658. The molecule has 2 heterocycles. The number of carbonyl (C=O) groups excluding carboxylic acids is 1. The van der Waals surface area contributed by atoms with Crippen LogP contribution in [0.25, 0.3) is 10.1 Å². The van der Waals surface area contributed by atoms with Crippen molar-refractivity contribution < 1.29 is 13.2 Å². The molecule has 146 valence electrons. The number of carbonyl (C=O) groups is 1. The topological polar surface area (TPSA) is 57.7 Å². The van der Waals surface area contributed by atoms with Gasteiger partial charge in [0.05, 0.1) is 4.90 Å². The fourth-order valence-corrected chi connectivity index (χ4v) is 5.17. The van der Waals surface area contributed by atoms with Gasteiger partial charge in [-0.3, -0.25) is 9.69 Å². The number of fused-ring (bicyclic) bond motifs is 1. The van der Waals surface area contributed by atoms with Crippen molar-refractivity contribution in [1.29, 1.82) is 0 Å². The summed E-state index contributed by atoms with van der Waals surface area (Å²) in [7, 11) is -3.32. The number of nitrogens with zero attached hydrogens (tertiary/aromatic N) is 2. The van der Waals surface area contributed by atoms with E-state index in [0.29, 0.717) is 18.7 Å². The molecule has 4 rings (SSSR count). The van der Waals surface area contributed by atoms with E-state index in [0.717, 1.165) is 25.9 Å². The lowest BCUT2D eigenvalue weighted by Gasteiger charge is -2.34. The van der Waals surface area contributed by atoms with Gasteiger partial charge >= 0.3 is 0 Å². The van der Waals surface area contributed by atoms with Crippen molar-refractivity contribution in [2.24, 2.45) is 0 Å². The molecule has 0 N–H and O–H groups in total. The predicted octanol–water partition coefficient (Wildman–Crippen LogP) is 3.26. The van der Waals surface area contributed by atoms with Crippen LogP contribution in [0.15, 0.2) is 58.8 Å². The zero-order valence-corrected chi connectivity index (χ0v) is 17.3. The van der Waals surface area contributed by atoms with Gasteiger partial charge in [-0.25, -0.2) is 8.42 Å². The van der Waals surface area contributed by atoms with Gasteiger partial charge in [-0.2, -0.15) is 0 Å². The third-order valence-corrected chi connectivity index (χ3v) is 7.25. The van der Waals surface area contributed by atoms with E-state index in [1.165, 1.54) is 27.8 Å². The normalized spacial score (nSPS) is 15.8. The van der Waals surface area contributed by atoms with Crippen molar-refractivity contribution in [2.45, 2.75) is 11.4 Å². The maximum atomic E-state index is 12.8. The van der Waals surface area contributed by atoms with Crippen LogP contribution < -0.4 is 0 Å². The minimum Gasteiger partial charge on any atom is -0.336 e. The molecule has 2 aromatic carbocycles. The molecule has 1 fully saturated rings. The lowest BCUT2D eigenvalue weighted by Crippen LogP contribution is -2.48. The summed E-state index contributed by atoms with van der Waals surface area (Å²) in [6, 6.07) is 14.7. The van der Waals surface area contributed by atoms with Crippen LogP contribution in [0, 0.1) is 0 Å². The van der Waals surface area contributed by atoms with E-state index in [9.17, 15) is 13.2 Å². The average Bonchev–Trinajstić information content (AvgIpc) is 3.10. The molecule has 0 bridgehead atoms. The first-order valence-corrected chi connectivity index (χ1v) is 12.0. The van der Waals surface area contributed by atoms with Crippen molar-refractivity contribution >= 4 is 37.2 Å². The van der Waals surface area contributed by atoms with Crippen LogP contribution in [0.5, 0.6) is 0 Å². The van der Waals surface area contributed by atoms with Crippen LogP contribution in [-0.2, 0) is 16.4 Å². The summed E-state index contributed by atoms with van der Waals surface area (Å²) in [6.07, 6.45) is 1.16. The maximum absolute atomic E-state index is 12.8. The standard InChI is InChI=1S/C21H22N2O3S2/c1-28(25,26)18-6-4-5-16(13-18)21(24)23-11-9-22(10-12-23)14-17-15-27-20-8-3-2-7-19(17)20/h2-8,13,15H,9-12,14H2,1H3. The smallest absolute Gasteiger partial charge is 0.253 e. The van der Waals surface area contributed by atoms with E-state index >= 15 is 0 Å². The molecule has 0 spiro atoms. The minimum absolute atomic E-state index is 0.105. The highest BCUT2D eigenvalue weighted by Crippen LogP contribution is 2.27. The van der Waals surface area contributed by atoms with Crippen LogP contribution in [0.2, 0.25) is 0 Å². The number of sulfone groups is 1. The van der Waals surface area contributed by atoms with E-state index in [-0.39, 0.29) is 10.8 Å². The SMILES string of the molecule is CS(=O)(=O)c1cccc(C(=O)N2CCN(Cc3csc4ccccc34)CC2)c1. The molecule has 1 aliphatic heterocycles. The van der Waals surface area contributed by atoms with Gasteiger partial charge in [-0.05, 0) is 40.6 Å². The highest BCUT2D eigenvalue weighted by Gasteiger charge is 2.23. The summed E-state index contributed by atoms with van der Waals surface area (Å²) in [5, 5.41) is 3.53. The van der Waals surface area contributed by atoms with Gasteiger partial charge in [-0.1, -0.05) is 24.3 Å². The lowest BCUT2D eigenvalue weighted by molar-refractivity contribution is 0.0629. The van der Waals surface area contributed by atoms with Gasteiger partial charge < -0.3 is 4.90 Å². The first-order valence-electron chi connectivity index (χ1n) is 9.19. The fourth-order valence-electron chi connectivity index (χ4n) is 3.55. The Bertz CT molecular complexity index is 1110. The molecular formula is C21H22N2O3S2. The molecule has 0 saturated carbocycles. The number of hydrogen-bond acceptors (Lipinski definition) is 5. The van der Waals surface area contributed by atoms with Crippen LogP contribution in [-0.4, -0.2) is 56.6 Å². The first-order chi connectivity index (χ1) is 13.4. The zero-order valence-electron chi connectivity index (χ0n) is 15.7. The highest BCUT2D eigenvalue weighted by atomic mass is 32.2. The second-order valence-electron chi connectivity index (χ2n) is 7.13. The molecule has 1 saturated heterocycles. The van der Waals surface area contributed by atoms with Gasteiger partial charge in [0.1, 0.15) is 0 Å². The van der Waals surface area contributed by atoms with Gasteiger partial charge in [0, 0.05) is 49.2 Å². The van der Waals surface area contributed by atoms with Gasteiger partial charge in [0.2, 0.25) is 0 Å².